The van der Waals surface area contributed by atoms with Crippen LogP contribution in [0.5, 0.6) is 0 Å². The second-order valence-corrected chi connectivity index (χ2v) is 12.3. The molecule has 55 heavy (non-hydrogen) atoms. The van der Waals surface area contributed by atoms with Gasteiger partial charge in [-0.25, -0.2) is 9.59 Å². The summed E-state index contributed by atoms with van der Waals surface area (Å²) in [5.74, 6) is -5.33. The van der Waals surface area contributed by atoms with Crippen molar-refractivity contribution in [1.29, 1.82) is 0 Å². The van der Waals surface area contributed by atoms with E-state index in [9.17, 15) is 39.0 Å². The van der Waals surface area contributed by atoms with Crippen LogP contribution < -0.4 is 0 Å². The number of esters is 6. The normalized spacial score (nSPS) is 27.6. The molecule has 9 atom stereocenters. The highest BCUT2D eigenvalue weighted by Crippen LogP contribution is 2.39. The molecule has 0 aliphatic carbocycles. The van der Waals surface area contributed by atoms with Crippen LogP contribution in [0.2, 0.25) is 0 Å². The van der Waals surface area contributed by atoms with Gasteiger partial charge in [0.05, 0.1) is 0 Å². The molecule has 17 nitrogen and oxygen atoms in total. The molecular formula is C38H42O17. The first kappa shape index (κ1) is 42.3. The Morgan fingerprint density at radius 1 is 0.655 bits per heavy atom. The van der Waals surface area contributed by atoms with Gasteiger partial charge in [-0.1, -0.05) is 60.7 Å². The van der Waals surface area contributed by atoms with Crippen molar-refractivity contribution in [3.05, 3.63) is 83.9 Å². The van der Waals surface area contributed by atoms with E-state index in [4.69, 9.17) is 42.6 Å². The molecule has 0 amide bonds. The fourth-order valence-corrected chi connectivity index (χ4v) is 5.59. The van der Waals surface area contributed by atoms with Crippen molar-refractivity contribution in [3.8, 4) is 0 Å². The monoisotopic (exact) mass is 770 g/mol. The van der Waals surface area contributed by atoms with Crippen LogP contribution in [0.25, 0.3) is 12.2 Å². The Morgan fingerprint density at radius 3 is 1.73 bits per heavy atom. The summed E-state index contributed by atoms with van der Waals surface area (Å²) in [6.45, 7) is 2.07. The van der Waals surface area contributed by atoms with E-state index in [1.807, 2.05) is 0 Å². The minimum absolute atomic E-state index is 0.585. The minimum atomic E-state index is -2.44. The van der Waals surface area contributed by atoms with E-state index in [0.717, 1.165) is 39.8 Å². The molecule has 2 fully saturated rings. The molecule has 4 rings (SSSR count). The van der Waals surface area contributed by atoms with Crippen molar-refractivity contribution in [2.24, 2.45) is 0 Å². The molecular weight excluding hydrogens is 728 g/mol. The van der Waals surface area contributed by atoms with E-state index in [-0.39, 0.29) is 0 Å². The molecule has 2 heterocycles. The molecule has 2 aromatic carbocycles. The molecule has 2 aliphatic heterocycles. The van der Waals surface area contributed by atoms with Crippen molar-refractivity contribution in [3.63, 3.8) is 0 Å². The summed E-state index contributed by atoms with van der Waals surface area (Å²) in [4.78, 5) is 74.1. The molecule has 2 aliphatic rings. The van der Waals surface area contributed by atoms with E-state index in [2.05, 4.69) is 0 Å². The number of aliphatic hydroxyl groups excluding tert-OH is 2. The second kappa shape index (κ2) is 19.7. The summed E-state index contributed by atoms with van der Waals surface area (Å²) >= 11 is 0. The summed E-state index contributed by atoms with van der Waals surface area (Å²) in [5, 5.41) is 23.1. The Hall–Kier alpha value is -5.46. The van der Waals surface area contributed by atoms with E-state index in [0.29, 0.717) is 11.1 Å². The molecule has 0 saturated carbocycles. The SMILES string of the molecule is CC(=O)OC[C@H]1O[C@H](O[C@H]2O[C@@H](COC(=O)/C=C/c3ccccc3)[C@H](O)C2(COC(C)=O)OC(=O)/C=C/c2ccccc2)[C@H](OC(C)=O)[C@@H](O)[C@@H]1OC(C)=O. The lowest BCUT2D eigenvalue weighted by atomic mass is 9.95. The molecule has 2 N–H and O–H groups in total. The van der Waals surface area contributed by atoms with Gasteiger partial charge < -0.3 is 52.8 Å². The summed E-state index contributed by atoms with van der Waals surface area (Å²) in [6, 6.07) is 17.4. The lowest BCUT2D eigenvalue weighted by Gasteiger charge is -2.44. The molecule has 296 valence electrons. The lowest BCUT2D eigenvalue weighted by Crippen LogP contribution is -2.64. The van der Waals surface area contributed by atoms with Crippen LogP contribution in [0.15, 0.2) is 72.8 Å². The predicted molar refractivity (Wildman–Crippen MR) is 186 cm³/mol. The van der Waals surface area contributed by atoms with E-state index in [1.54, 1.807) is 60.7 Å². The number of hydrogen-bond donors (Lipinski definition) is 2. The van der Waals surface area contributed by atoms with Gasteiger partial charge in [-0.05, 0) is 23.3 Å². The Morgan fingerprint density at radius 2 is 1.18 bits per heavy atom. The lowest BCUT2D eigenvalue weighted by molar-refractivity contribution is -0.354. The van der Waals surface area contributed by atoms with Gasteiger partial charge in [-0.15, -0.1) is 0 Å². The third-order valence-electron chi connectivity index (χ3n) is 8.08. The third-order valence-corrected chi connectivity index (χ3v) is 8.08. The third kappa shape index (κ3) is 12.0. The van der Waals surface area contributed by atoms with Gasteiger partial charge in [0.15, 0.2) is 12.2 Å². The van der Waals surface area contributed by atoms with Gasteiger partial charge in [0.1, 0.15) is 44.2 Å². The average Bonchev–Trinajstić information content (AvgIpc) is 3.39. The number of benzene rings is 2. The van der Waals surface area contributed by atoms with Crippen LogP contribution >= 0.6 is 0 Å². The molecule has 17 heteroatoms. The highest BCUT2D eigenvalue weighted by atomic mass is 16.8. The van der Waals surface area contributed by atoms with Crippen molar-refractivity contribution in [1.82, 2.24) is 0 Å². The highest BCUT2D eigenvalue weighted by Gasteiger charge is 2.63. The quantitative estimate of drug-likeness (QED) is 0.148. The second-order valence-electron chi connectivity index (χ2n) is 12.3. The number of carbonyl (C=O) groups excluding carboxylic acids is 6. The molecule has 0 radical (unpaired) electrons. The Balaban J connectivity index is 1.70. The zero-order valence-electron chi connectivity index (χ0n) is 30.3. The van der Waals surface area contributed by atoms with Crippen LogP contribution in [0.1, 0.15) is 38.8 Å². The van der Waals surface area contributed by atoms with E-state index in [1.165, 1.54) is 12.2 Å². The van der Waals surface area contributed by atoms with Crippen LogP contribution in [-0.4, -0.2) is 121 Å². The summed E-state index contributed by atoms with van der Waals surface area (Å²) in [5.41, 5.74) is -1.14. The fraction of sp³-hybridized carbons (Fsp3) is 0.421. The number of rotatable bonds is 15. The fourth-order valence-electron chi connectivity index (χ4n) is 5.59. The zero-order chi connectivity index (χ0) is 40.1. The first-order valence-electron chi connectivity index (χ1n) is 17.0. The van der Waals surface area contributed by atoms with Crippen molar-refractivity contribution in [2.45, 2.75) is 82.5 Å². The standard InChI is InChI=1S/C38H42O17/c1-22(39)47-19-28-33(50-24(3)41)32(45)34(51-25(4)42)36(52-28)54-37-38(21-49-23(2)40,55-31(44)18-16-27-13-9-6-10-14-27)35(46)29(53-37)20-48-30(43)17-15-26-11-7-5-8-12-26/h5-18,28-29,32-37,45-46H,19-21H2,1-4H3/b17-15+,18-16+/t28-,29+,32+,33-,34-,35+,36-,37-,38?/m1/s1. The number of aliphatic hydroxyl groups is 2. The average molecular weight is 771 g/mol. The highest BCUT2D eigenvalue weighted by molar-refractivity contribution is 5.88. The molecule has 0 bridgehead atoms. The van der Waals surface area contributed by atoms with Crippen LogP contribution in [0, 0.1) is 0 Å². The van der Waals surface area contributed by atoms with Crippen molar-refractivity contribution in [2.75, 3.05) is 19.8 Å². The number of ether oxygens (including phenoxy) is 9. The maximum Gasteiger partial charge on any atom is 0.331 e. The van der Waals surface area contributed by atoms with Gasteiger partial charge in [-0.2, -0.15) is 0 Å². The van der Waals surface area contributed by atoms with Gasteiger partial charge in [-0.3, -0.25) is 19.2 Å². The summed E-state index contributed by atoms with van der Waals surface area (Å²) in [6.07, 6.45) is -8.91. The van der Waals surface area contributed by atoms with Gasteiger partial charge >= 0.3 is 35.8 Å². The van der Waals surface area contributed by atoms with Crippen LogP contribution in [0.4, 0.5) is 0 Å². The Bertz CT molecular complexity index is 1710. The largest absolute Gasteiger partial charge is 0.463 e. The maximum absolute atomic E-state index is 13.4. The Labute approximate surface area is 315 Å². The molecule has 2 aromatic rings. The van der Waals surface area contributed by atoms with Crippen LogP contribution in [0.3, 0.4) is 0 Å². The first-order valence-corrected chi connectivity index (χ1v) is 17.0. The topological polar surface area (TPSA) is 226 Å². The number of carbonyl (C=O) groups is 6. The molecule has 1 unspecified atom stereocenters. The Kier molecular flexibility index (Phi) is 15.2. The van der Waals surface area contributed by atoms with Crippen LogP contribution in [-0.2, 0) is 71.4 Å². The van der Waals surface area contributed by atoms with Gasteiger partial charge in [0.25, 0.3) is 0 Å². The molecule has 0 aromatic heterocycles. The first-order chi connectivity index (χ1) is 26.2. The zero-order valence-corrected chi connectivity index (χ0v) is 30.3. The minimum Gasteiger partial charge on any atom is -0.463 e. The number of hydrogen-bond acceptors (Lipinski definition) is 17. The van der Waals surface area contributed by atoms with Crippen molar-refractivity contribution >= 4 is 48.0 Å². The smallest absolute Gasteiger partial charge is 0.331 e. The predicted octanol–water partition coefficient (Wildman–Crippen LogP) is 1.42. The van der Waals surface area contributed by atoms with Gasteiger partial charge in [0, 0.05) is 39.8 Å². The van der Waals surface area contributed by atoms with E-state index < -0.39 is 110 Å². The summed E-state index contributed by atoms with van der Waals surface area (Å²) in [7, 11) is 0. The van der Waals surface area contributed by atoms with Crippen molar-refractivity contribution < 1.29 is 81.6 Å². The molecule has 2 saturated heterocycles. The maximum atomic E-state index is 13.4. The van der Waals surface area contributed by atoms with E-state index >= 15 is 0 Å². The summed E-state index contributed by atoms with van der Waals surface area (Å²) < 4.78 is 49.9. The van der Waals surface area contributed by atoms with Gasteiger partial charge in [0.2, 0.25) is 18.2 Å². The molecule has 0 spiro atoms.